The predicted molar refractivity (Wildman–Crippen MR) is 138 cm³/mol. The Morgan fingerprint density at radius 1 is 0.892 bits per heavy atom. The van der Waals surface area contributed by atoms with Gasteiger partial charge in [-0.25, -0.2) is 8.78 Å². The predicted octanol–water partition coefficient (Wildman–Crippen LogP) is 5.49. The van der Waals surface area contributed by atoms with E-state index >= 15 is 4.39 Å². The lowest BCUT2D eigenvalue weighted by atomic mass is 10.0. The van der Waals surface area contributed by atoms with E-state index in [2.05, 4.69) is 20.6 Å². The van der Waals surface area contributed by atoms with Gasteiger partial charge in [-0.1, -0.05) is 42.5 Å². The maximum absolute atomic E-state index is 15.0. The number of aromatic nitrogens is 2. The third-order valence-electron chi connectivity index (χ3n) is 6.07. The van der Waals surface area contributed by atoms with Crippen molar-refractivity contribution >= 4 is 28.4 Å². The number of rotatable bonds is 7. The van der Waals surface area contributed by atoms with Gasteiger partial charge in [0.1, 0.15) is 17.7 Å². The van der Waals surface area contributed by atoms with Gasteiger partial charge in [-0.05, 0) is 47.5 Å². The Labute approximate surface area is 211 Å². The number of pyridine rings is 1. The zero-order valence-electron chi connectivity index (χ0n) is 19.5. The van der Waals surface area contributed by atoms with Crippen LogP contribution < -0.4 is 10.6 Å². The third kappa shape index (κ3) is 5.23. The first-order valence-electron chi connectivity index (χ1n) is 11.6. The SMILES string of the molecule is O=C(NC(Cc1c[nH]c2ccccc12)C(=O)Nc1ccncc1)c1ccc(-c2ccccc2F)cc1F. The van der Waals surface area contributed by atoms with E-state index in [1.807, 2.05) is 24.3 Å². The van der Waals surface area contributed by atoms with Crippen LogP contribution in [0.15, 0.2) is 97.5 Å². The number of aromatic amines is 1. The minimum Gasteiger partial charge on any atom is -0.361 e. The Morgan fingerprint density at radius 3 is 2.43 bits per heavy atom. The molecule has 2 amide bonds. The molecule has 2 heterocycles. The lowest BCUT2D eigenvalue weighted by Crippen LogP contribution is -2.45. The Balaban J connectivity index is 1.41. The van der Waals surface area contributed by atoms with Crippen molar-refractivity contribution in [1.29, 1.82) is 0 Å². The fraction of sp³-hybridized carbons (Fsp3) is 0.0690. The summed E-state index contributed by atoms with van der Waals surface area (Å²) >= 11 is 0. The molecule has 3 aromatic carbocycles. The van der Waals surface area contributed by atoms with Gasteiger partial charge in [0.25, 0.3) is 5.91 Å². The summed E-state index contributed by atoms with van der Waals surface area (Å²) in [5.74, 6) is -2.54. The number of halogens is 2. The van der Waals surface area contributed by atoms with Crippen LogP contribution in [0, 0.1) is 11.6 Å². The summed E-state index contributed by atoms with van der Waals surface area (Å²) in [5.41, 5.74) is 2.51. The maximum Gasteiger partial charge on any atom is 0.254 e. The molecular weight excluding hydrogens is 474 g/mol. The van der Waals surface area contributed by atoms with Gasteiger partial charge in [0.15, 0.2) is 0 Å². The van der Waals surface area contributed by atoms with E-state index in [1.54, 1.807) is 30.5 Å². The summed E-state index contributed by atoms with van der Waals surface area (Å²) in [6.07, 6.45) is 5.03. The number of nitrogens with zero attached hydrogens (tertiary/aromatic N) is 1. The molecule has 0 spiro atoms. The van der Waals surface area contributed by atoms with Crippen LogP contribution in [-0.2, 0) is 11.2 Å². The van der Waals surface area contributed by atoms with Crippen LogP contribution in [0.3, 0.4) is 0 Å². The molecule has 3 N–H and O–H groups in total. The maximum atomic E-state index is 15.0. The molecule has 2 aromatic heterocycles. The molecule has 37 heavy (non-hydrogen) atoms. The van der Waals surface area contributed by atoms with Gasteiger partial charge in [-0.15, -0.1) is 0 Å². The van der Waals surface area contributed by atoms with E-state index in [4.69, 9.17) is 0 Å². The summed E-state index contributed by atoms with van der Waals surface area (Å²) in [4.78, 5) is 33.4. The zero-order chi connectivity index (χ0) is 25.8. The van der Waals surface area contributed by atoms with E-state index < -0.39 is 29.5 Å². The Hall–Kier alpha value is -4.85. The fourth-order valence-electron chi connectivity index (χ4n) is 4.19. The van der Waals surface area contributed by atoms with Crippen molar-refractivity contribution in [2.75, 3.05) is 5.32 Å². The number of hydrogen-bond acceptors (Lipinski definition) is 3. The highest BCUT2D eigenvalue weighted by Gasteiger charge is 2.25. The van der Waals surface area contributed by atoms with Crippen molar-refractivity contribution in [1.82, 2.24) is 15.3 Å². The molecule has 0 saturated heterocycles. The topological polar surface area (TPSA) is 86.9 Å². The quantitative estimate of drug-likeness (QED) is 0.279. The summed E-state index contributed by atoms with van der Waals surface area (Å²) in [7, 11) is 0. The number of carbonyl (C=O) groups excluding carboxylic acids is 2. The third-order valence-corrected chi connectivity index (χ3v) is 6.07. The second-order valence-corrected chi connectivity index (χ2v) is 8.49. The highest BCUT2D eigenvalue weighted by Crippen LogP contribution is 2.25. The van der Waals surface area contributed by atoms with E-state index in [-0.39, 0.29) is 17.5 Å². The van der Waals surface area contributed by atoms with Crippen molar-refractivity contribution in [2.45, 2.75) is 12.5 Å². The first-order valence-corrected chi connectivity index (χ1v) is 11.6. The molecule has 8 heteroatoms. The van der Waals surface area contributed by atoms with Crippen LogP contribution in [0.5, 0.6) is 0 Å². The Kier molecular flexibility index (Phi) is 6.72. The second-order valence-electron chi connectivity index (χ2n) is 8.49. The van der Waals surface area contributed by atoms with E-state index in [0.29, 0.717) is 11.3 Å². The number of benzene rings is 3. The number of nitrogens with one attached hydrogen (secondary N) is 3. The molecular formula is C29H22F2N4O2. The highest BCUT2D eigenvalue weighted by molar-refractivity contribution is 6.02. The number of fused-ring (bicyclic) bond motifs is 1. The number of H-pyrrole nitrogens is 1. The molecule has 1 atom stereocenters. The number of hydrogen-bond donors (Lipinski definition) is 3. The van der Waals surface area contributed by atoms with Crippen molar-refractivity contribution in [3.63, 3.8) is 0 Å². The first kappa shape index (κ1) is 23.9. The molecule has 5 rings (SSSR count). The summed E-state index contributed by atoms with van der Waals surface area (Å²) < 4.78 is 29.2. The Morgan fingerprint density at radius 2 is 1.65 bits per heavy atom. The molecule has 0 aliphatic heterocycles. The van der Waals surface area contributed by atoms with Crippen molar-refractivity contribution in [2.24, 2.45) is 0 Å². The number of amides is 2. The molecule has 0 radical (unpaired) electrons. The van der Waals surface area contributed by atoms with Crippen molar-refractivity contribution in [3.8, 4) is 11.1 Å². The molecule has 184 valence electrons. The standard InChI is InChI=1S/C29H22F2N4O2/c30-24-7-3-1-5-21(24)18-9-10-23(25(31)15-18)28(36)35-27(29(37)34-20-11-13-32-14-12-20)16-19-17-33-26-8-4-2-6-22(19)26/h1-15,17,27,33H,16H2,(H,35,36)(H,32,34,37). The Bertz CT molecular complexity index is 1580. The van der Waals surface area contributed by atoms with Crippen molar-refractivity contribution in [3.05, 3.63) is 120 Å². The molecule has 1 unspecified atom stereocenters. The second kappa shape index (κ2) is 10.4. The summed E-state index contributed by atoms with van der Waals surface area (Å²) in [6, 6.07) is 19.7. The molecule has 0 saturated carbocycles. The van der Waals surface area contributed by atoms with Crippen LogP contribution in [0.4, 0.5) is 14.5 Å². The largest absolute Gasteiger partial charge is 0.361 e. The van der Waals surface area contributed by atoms with Gasteiger partial charge >= 0.3 is 0 Å². The molecule has 6 nitrogen and oxygen atoms in total. The number of carbonyl (C=O) groups is 2. The average molecular weight is 497 g/mol. The average Bonchev–Trinajstić information content (AvgIpc) is 3.32. The van der Waals surface area contributed by atoms with Crippen molar-refractivity contribution < 1.29 is 18.4 Å². The summed E-state index contributed by atoms with van der Waals surface area (Å²) in [6.45, 7) is 0. The van der Waals surface area contributed by atoms with Crippen LogP contribution in [-0.4, -0.2) is 27.8 Å². The highest BCUT2D eigenvalue weighted by atomic mass is 19.1. The lowest BCUT2D eigenvalue weighted by Gasteiger charge is -2.19. The lowest BCUT2D eigenvalue weighted by molar-refractivity contribution is -0.118. The fourth-order valence-corrected chi connectivity index (χ4v) is 4.19. The van der Waals surface area contributed by atoms with E-state index in [9.17, 15) is 14.0 Å². The monoisotopic (exact) mass is 496 g/mol. The number of anilines is 1. The molecule has 0 fully saturated rings. The normalized spacial score (nSPS) is 11.7. The zero-order valence-corrected chi connectivity index (χ0v) is 19.5. The minimum atomic E-state index is -1.01. The number of para-hydroxylation sites is 1. The van der Waals surface area contributed by atoms with Crippen LogP contribution in [0.2, 0.25) is 0 Å². The van der Waals surface area contributed by atoms with Crippen LogP contribution in [0.25, 0.3) is 22.0 Å². The van der Waals surface area contributed by atoms with E-state index in [1.165, 1.54) is 36.7 Å². The minimum absolute atomic E-state index is 0.168. The van der Waals surface area contributed by atoms with Crippen LogP contribution >= 0.6 is 0 Å². The van der Waals surface area contributed by atoms with Crippen LogP contribution in [0.1, 0.15) is 15.9 Å². The van der Waals surface area contributed by atoms with Gasteiger partial charge < -0.3 is 15.6 Å². The van der Waals surface area contributed by atoms with Gasteiger partial charge in [0, 0.05) is 47.2 Å². The van der Waals surface area contributed by atoms with Gasteiger partial charge in [0.2, 0.25) is 5.91 Å². The molecule has 0 bridgehead atoms. The smallest absolute Gasteiger partial charge is 0.254 e. The van der Waals surface area contributed by atoms with E-state index in [0.717, 1.165) is 22.5 Å². The summed E-state index contributed by atoms with van der Waals surface area (Å²) in [5, 5.41) is 6.36. The molecule has 0 aliphatic rings. The van der Waals surface area contributed by atoms with Gasteiger partial charge in [0.05, 0.1) is 5.56 Å². The first-order chi connectivity index (χ1) is 18.0. The molecule has 5 aromatic rings. The van der Waals surface area contributed by atoms with Gasteiger partial charge in [-0.2, -0.15) is 0 Å². The van der Waals surface area contributed by atoms with Gasteiger partial charge in [-0.3, -0.25) is 14.6 Å². The molecule has 0 aliphatic carbocycles.